The molecule has 0 aliphatic carbocycles. The molecule has 162 valence electrons. The second kappa shape index (κ2) is 8.10. The largest absolute Gasteiger partial charge is 0.351 e. The Morgan fingerprint density at radius 2 is 1.85 bits per heavy atom. The molecule has 1 fully saturated rings. The molecule has 0 bridgehead atoms. The number of benzene rings is 2. The topological polar surface area (TPSA) is 46.0 Å². The average molecular weight is 468 g/mol. The van der Waals surface area contributed by atoms with Gasteiger partial charge in [0.05, 0.1) is 27.6 Å². The zero-order chi connectivity index (χ0) is 22.4. The number of hydrogen-bond donors (Lipinski definition) is 1. The minimum atomic E-state index is -0.0951. The standard InChI is InChI=1S/C26H21N5S2/c1-17-8-6-9-18(16-17)31-24(23(29-25(31)32)20-11-4-5-14-27-20)21-12-7-15-30(21)26-28-19-10-2-3-13-22(19)33-26/h2-16,23-24H,1H3,(H,29,32)/t23-,24+/m0/s1. The third kappa shape index (κ3) is 3.50. The lowest BCUT2D eigenvalue weighted by Crippen LogP contribution is -2.30. The molecule has 1 aliphatic rings. The van der Waals surface area contributed by atoms with Gasteiger partial charge in [-0.25, -0.2) is 4.98 Å². The lowest BCUT2D eigenvalue weighted by molar-refractivity contribution is 0.549. The average Bonchev–Trinajstić information content (AvgIpc) is 3.55. The quantitative estimate of drug-likeness (QED) is 0.330. The molecule has 1 N–H and O–H groups in total. The second-order valence-electron chi connectivity index (χ2n) is 8.10. The highest BCUT2D eigenvalue weighted by atomic mass is 32.1. The molecule has 5 aromatic rings. The number of thiocarbonyl (C=S) groups is 1. The molecule has 1 aliphatic heterocycles. The summed E-state index contributed by atoms with van der Waals surface area (Å²) in [5.74, 6) is 0. The molecule has 3 aromatic heterocycles. The second-order valence-corrected chi connectivity index (χ2v) is 9.50. The van der Waals surface area contributed by atoms with E-state index < -0.39 is 0 Å². The number of aryl methyl sites for hydroxylation is 1. The summed E-state index contributed by atoms with van der Waals surface area (Å²) in [5, 5.41) is 5.18. The van der Waals surface area contributed by atoms with Crippen molar-refractivity contribution in [2.45, 2.75) is 19.0 Å². The monoisotopic (exact) mass is 467 g/mol. The van der Waals surface area contributed by atoms with Crippen LogP contribution in [-0.2, 0) is 0 Å². The van der Waals surface area contributed by atoms with Crippen LogP contribution in [-0.4, -0.2) is 19.6 Å². The summed E-state index contributed by atoms with van der Waals surface area (Å²) in [7, 11) is 0. The maximum absolute atomic E-state index is 5.87. The molecule has 2 atom stereocenters. The molecule has 2 aromatic carbocycles. The van der Waals surface area contributed by atoms with E-state index >= 15 is 0 Å². The molecule has 6 rings (SSSR count). The normalized spacial score (nSPS) is 18.1. The van der Waals surface area contributed by atoms with E-state index in [4.69, 9.17) is 17.2 Å². The maximum Gasteiger partial charge on any atom is 0.194 e. The van der Waals surface area contributed by atoms with Crippen LogP contribution in [0.3, 0.4) is 0 Å². The maximum atomic E-state index is 5.87. The number of rotatable bonds is 4. The van der Waals surface area contributed by atoms with E-state index in [9.17, 15) is 0 Å². The molecule has 4 heterocycles. The highest BCUT2D eigenvalue weighted by molar-refractivity contribution is 7.80. The molecule has 0 spiro atoms. The van der Waals surface area contributed by atoms with Gasteiger partial charge in [0.25, 0.3) is 0 Å². The first-order valence-corrected chi connectivity index (χ1v) is 12.0. The summed E-state index contributed by atoms with van der Waals surface area (Å²) in [6.45, 7) is 2.10. The van der Waals surface area contributed by atoms with Crippen molar-refractivity contribution in [2.24, 2.45) is 0 Å². The van der Waals surface area contributed by atoms with Gasteiger partial charge in [-0.15, -0.1) is 0 Å². The van der Waals surface area contributed by atoms with Crippen LogP contribution in [0, 0.1) is 6.92 Å². The molecule has 0 saturated carbocycles. The fourth-order valence-electron chi connectivity index (χ4n) is 4.48. The van der Waals surface area contributed by atoms with Crippen molar-refractivity contribution in [3.05, 3.63) is 108 Å². The van der Waals surface area contributed by atoms with E-state index in [-0.39, 0.29) is 12.1 Å². The molecule has 0 unspecified atom stereocenters. The summed E-state index contributed by atoms with van der Waals surface area (Å²) in [4.78, 5) is 11.8. The Kier molecular flexibility index (Phi) is 4.93. The molecule has 0 radical (unpaired) electrons. The number of fused-ring (bicyclic) bond motifs is 1. The number of pyridine rings is 1. The van der Waals surface area contributed by atoms with Gasteiger partial charge >= 0.3 is 0 Å². The number of nitrogens with zero attached hydrogens (tertiary/aromatic N) is 4. The molecule has 1 saturated heterocycles. The highest BCUT2D eigenvalue weighted by Gasteiger charge is 2.42. The Hall–Kier alpha value is -3.55. The van der Waals surface area contributed by atoms with Crippen molar-refractivity contribution in [2.75, 3.05) is 4.90 Å². The van der Waals surface area contributed by atoms with Crippen LogP contribution in [0.15, 0.2) is 91.3 Å². The third-order valence-electron chi connectivity index (χ3n) is 5.95. The first-order chi connectivity index (χ1) is 16.2. The van der Waals surface area contributed by atoms with Gasteiger partial charge in [0.2, 0.25) is 0 Å². The van der Waals surface area contributed by atoms with Gasteiger partial charge in [0.15, 0.2) is 10.2 Å². The smallest absolute Gasteiger partial charge is 0.194 e. The summed E-state index contributed by atoms with van der Waals surface area (Å²) in [6.07, 6.45) is 3.91. The van der Waals surface area contributed by atoms with Crippen molar-refractivity contribution in [3.8, 4) is 5.13 Å². The first kappa shape index (κ1) is 20.1. The van der Waals surface area contributed by atoms with Crippen LogP contribution in [0.2, 0.25) is 0 Å². The van der Waals surface area contributed by atoms with Gasteiger partial charge in [-0.3, -0.25) is 9.55 Å². The van der Waals surface area contributed by atoms with Crippen molar-refractivity contribution >= 4 is 44.6 Å². The van der Waals surface area contributed by atoms with Crippen molar-refractivity contribution in [1.82, 2.24) is 19.9 Å². The van der Waals surface area contributed by atoms with Gasteiger partial charge < -0.3 is 10.2 Å². The number of aromatic nitrogens is 3. The van der Waals surface area contributed by atoms with E-state index in [1.165, 1.54) is 10.3 Å². The van der Waals surface area contributed by atoms with Crippen LogP contribution in [0.25, 0.3) is 15.3 Å². The van der Waals surface area contributed by atoms with E-state index in [1.54, 1.807) is 11.3 Å². The Morgan fingerprint density at radius 1 is 0.970 bits per heavy atom. The van der Waals surface area contributed by atoms with Crippen molar-refractivity contribution in [3.63, 3.8) is 0 Å². The van der Waals surface area contributed by atoms with Crippen molar-refractivity contribution < 1.29 is 0 Å². The van der Waals surface area contributed by atoms with E-state index in [0.717, 1.165) is 27.7 Å². The highest BCUT2D eigenvalue weighted by Crippen LogP contribution is 2.42. The minimum Gasteiger partial charge on any atom is -0.351 e. The molecular weight excluding hydrogens is 446 g/mol. The number of thiazole rings is 1. The number of hydrogen-bond acceptors (Lipinski definition) is 4. The summed E-state index contributed by atoms with van der Waals surface area (Å²) in [6, 6.07) is 26.8. The summed E-state index contributed by atoms with van der Waals surface area (Å²) in [5.41, 5.74) is 5.33. The van der Waals surface area contributed by atoms with Crippen LogP contribution in [0.4, 0.5) is 5.69 Å². The molecule has 7 heteroatoms. The molecule has 33 heavy (non-hydrogen) atoms. The van der Waals surface area contributed by atoms with Gasteiger partial charge in [0, 0.05) is 18.1 Å². The van der Waals surface area contributed by atoms with Gasteiger partial charge in [-0.1, -0.05) is 41.7 Å². The lowest BCUT2D eigenvalue weighted by Gasteiger charge is -2.28. The fraction of sp³-hybridized carbons (Fsp3) is 0.115. The lowest BCUT2D eigenvalue weighted by atomic mass is 10.0. The number of anilines is 1. The molecule has 5 nitrogen and oxygen atoms in total. The molecule has 0 amide bonds. The first-order valence-electron chi connectivity index (χ1n) is 10.8. The summed E-state index contributed by atoms with van der Waals surface area (Å²) < 4.78 is 3.35. The fourth-order valence-corrected chi connectivity index (χ4v) is 5.80. The number of para-hydroxylation sites is 1. The predicted molar refractivity (Wildman–Crippen MR) is 138 cm³/mol. The Balaban J connectivity index is 1.52. The van der Waals surface area contributed by atoms with Crippen LogP contribution in [0.5, 0.6) is 0 Å². The van der Waals surface area contributed by atoms with Crippen LogP contribution < -0.4 is 10.2 Å². The summed E-state index contributed by atoms with van der Waals surface area (Å²) >= 11 is 7.56. The van der Waals surface area contributed by atoms with E-state index in [2.05, 4.69) is 93.6 Å². The minimum absolute atomic E-state index is 0.0868. The number of nitrogens with one attached hydrogen (secondary N) is 1. The van der Waals surface area contributed by atoms with Gasteiger partial charge in [0.1, 0.15) is 6.04 Å². The zero-order valence-electron chi connectivity index (χ0n) is 17.9. The Bertz CT molecular complexity index is 1420. The van der Waals surface area contributed by atoms with Crippen molar-refractivity contribution in [1.29, 1.82) is 0 Å². The third-order valence-corrected chi connectivity index (χ3v) is 7.30. The predicted octanol–water partition coefficient (Wildman–Crippen LogP) is 5.97. The van der Waals surface area contributed by atoms with Gasteiger partial charge in [-0.05, 0) is 73.2 Å². The Labute approximate surface area is 201 Å². The van der Waals surface area contributed by atoms with E-state index in [0.29, 0.717) is 5.11 Å². The van der Waals surface area contributed by atoms with Gasteiger partial charge in [-0.2, -0.15) is 0 Å². The van der Waals surface area contributed by atoms with E-state index in [1.807, 2.05) is 24.4 Å². The van der Waals surface area contributed by atoms with Crippen LogP contribution in [0.1, 0.15) is 29.0 Å². The zero-order valence-corrected chi connectivity index (χ0v) is 19.6. The SMILES string of the molecule is Cc1cccc(N2C(=S)N[C@@H](c3ccccn3)[C@H]2c2cccn2-c2nc3ccccc3s2)c1. The Morgan fingerprint density at radius 3 is 2.67 bits per heavy atom. The van der Waals surface area contributed by atoms with Crippen LogP contribution >= 0.6 is 23.6 Å². The molecular formula is C26H21N5S2.